The highest BCUT2D eigenvalue weighted by Gasteiger charge is 2.32. The summed E-state index contributed by atoms with van der Waals surface area (Å²) in [5.41, 5.74) is 0.334. The van der Waals surface area contributed by atoms with E-state index >= 15 is 0 Å². The first kappa shape index (κ1) is 55.4. The third-order valence-electron chi connectivity index (χ3n) is 16.4. The van der Waals surface area contributed by atoms with Crippen molar-refractivity contribution in [2.45, 2.75) is 47.8 Å². The van der Waals surface area contributed by atoms with E-state index in [2.05, 4.69) is 93.9 Å². The maximum Gasteiger partial charge on any atom is 0.280 e. The summed E-state index contributed by atoms with van der Waals surface area (Å²) in [6.45, 7) is 6.30. The molecule has 0 saturated heterocycles. The van der Waals surface area contributed by atoms with E-state index in [1.165, 1.54) is 106 Å². The van der Waals surface area contributed by atoms with Crippen molar-refractivity contribution >= 4 is 63.4 Å². The zero-order valence-electron chi connectivity index (χ0n) is 112. The molecular formula is C92H84N20O20S4. The first-order chi connectivity index (χ1) is 82.5. The highest BCUT2D eigenvalue weighted by atomic mass is 32.2. The lowest BCUT2D eigenvalue weighted by Gasteiger charge is -2.17. The van der Waals surface area contributed by atoms with Gasteiger partial charge in [0.05, 0.1) is 114 Å². The van der Waals surface area contributed by atoms with Crippen molar-refractivity contribution < 1.29 is 148 Å². The lowest BCUT2D eigenvalue weighted by atomic mass is 10.2. The number of anilines is 4. The van der Waals surface area contributed by atoms with Crippen molar-refractivity contribution in [2.75, 3.05) is 75.4 Å². The predicted octanol–water partition coefficient (Wildman–Crippen LogP) is 15.4. The van der Waals surface area contributed by atoms with Gasteiger partial charge in [-0.1, -0.05) is 72.6 Å². The Labute approximate surface area is 840 Å². The number of methoxy groups -OCH3 is 8. The van der Waals surface area contributed by atoms with Gasteiger partial charge >= 0.3 is 0 Å². The van der Waals surface area contributed by atoms with Gasteiger partial charge < -0.3 is 56.8 Å². The Morgan fingerprint density at radius 1 is 0.279 bits per heavy atom. The van der Waals surface area contributed by atoms with E-state index in [9.17, 15) is 33.7 Å². The third-order valence-corrected chi connectivity index (χ3v) is 21.3. The Morgan fingerprint density at radius 3 is 0.912 bits per heavy atom. The number of rotatable bonds is 32. The van der Waals surface area contributed by atoms with Gasteiger partial charge in [-0.05, 0) is 171 Å². The van der Waals surface area contributed by atoms with Crippen LogP contribution >= 0.6 is 0 Å². The van der Waals surface area contributed by atoms with Crippen LogP contribution in [0.3, 0.4) is 0 Å². The Bertz CT molecular complexity index is 9660. The number of sulfonamides is 4. The Hall–Kier alpha value is -17.0. The van der Waals surface area contributed by atoms with E-state index in [0.717, 1.165) is 20.3 Å². The molecule has 0 saturated carbocycles. The fraction of sp³-hybridized carbons (Fsp3) is 0.130. The number of pyridine rings is 8. The summed E-state index contributed by atoms with van der Waals surface area (Å²) < 4.78 is 511. The van der Waals surface area contributed by atoms with Gasteiger partial charge in [-0.2, -0.15) is 53.6 Å². The molecule has 12 heterocycles. The van der Waals surface area contributed by atoms with Gasteiger partial charge in [0.25, 0.3) is 63.6 Å². The van der Waals surface area contributed by atoms with Gasteiger partial charge in [0.2, 0.25) is 23.0 Å². The largest absolute Gasteiger partial charge is 0.493 e. The summed E-state index contributed by atoms with van der Waals surface area (Å²) >= 11 is 0. The van der Waals surface area contributed by atoms with E-state index in [4.69, 9.17) is 114 Å². The monoisotopic (exact) mass is 1960 g/mol. The molecule has 44 heteroatoms. The normalized spacial score (nSPS) is 15.9. The van der Waals surface area contributed by atoms with Crippen LogP contribution in [0.15, 0.2) is 288 Å². The number of aromatic nitrogens is 16. The molecule has 0 atom stereocenters. The zero-order valence-corrected chi connectivity index (χ0v) is 73.0. The van der Waals surface area contributed by atoms with Crippen molar-refractivity contribution in [2.24, 2.45) is 0 Å². The molecule has 4 aromatic carbocycles. The number of nitrogens with one attached hydrogen (secondary N) is 4. The zero-order chi connectivity index (χ0) is 133. The van der Waals surface area contributed by atoms with Crippen molar-refractivity contribution in [3.05, 3.63) is 290 Å². The quantitative estimate of drug-likeness (QED) is 0.0304. The highest BCUT2D eigenvalue weighted by Crippen LogP contribution is 2.47. The van der Waals surface area contributed by atoms with E-state index in [0.29, 0.717) is 16.7 Å². The molecule has 0 bridgehead atoms. The second-order valence-corrected chi connectivity index (χ2v) is 32.0. The van der Waals surface area contributed by atoms with Crippen LogP contribution in [-0.4, -0.2) is 170 Å². The summed E-state index contributed by atoms with van der Waals surface area (Å²) in [5.74, 6) is -17.6. The molecule has 0 spiro atoms. The van der Waals surface area contributed by atoms with Crippen LogP contribution in [0.1, 0.15) is 79.8 Å². The molecule has 0 aliphatic heterocycles. The van der Waals surface area contributed by atoms with Crippen LogP contribution < -0.4 is 75.7 Å². The van der Waals surface area contributed by atoms with E-state index in [-0.39, 0.29) is 28.5 Å². The third kappa shape index (κ3) is 24.2. The van der Waals surface area contributed by atoms with Gasteiger partial charge in [-0.25, -0.2) is 39.9 Å². The number of hydrogen-bond donors (Lipinski definition) is 4. The van der Waals surface area contributed by atoms with Crippen molar-refractivity contribution in [1.29, 1.82) is 0 Å². The molecule has 0 unspecified atom stereocenters. The maximum absolute atomic E-state index is 13.6. The molecule has 16 aromatic rings. The van der Waals surface area contributed by atoms with E-state index in [1.54, 1.807) is 26.8 Å². The smallest absolute Gasteiger partial charge is 0.280 e. The van der Waals surface area contributed by atoms with Crippen molar-refractivity contribution in [3.8, 4) is 138 Å². The van der Waals surface area contributed by atoms with Crippen LogP contribution in [0.4, 0.5) is 23.3 Å². The Morgan fingerprint density at radius 2 is 0.588 bits per heavy atom. The molecule has 12 aromatic heterocycles. The molecule has 0 radical (unpaired) electrons. The molecule has 16 rings (SSSR count). The second kappa shape index (κ2) is 44.3. The second-order valence-electron chi connectivity index (χ2n) is 25.5. The van der Waals surface area contributed by atoms with Gasteiger partial charge in [-0.3, -0.25) is 38.8 Å². The Kier molecular flexibility index (Phi) is 18.0. The summed E-state index contributed by atoms with van der Waals surface area (Å²) in [4.78, 5) is 61.7. The molecule has 0 fully saturated rings. The molecule has 0 amide bonds. The number of ether oxygens (including phenoxy) is 12. The number of benzene rings is 4. The van der Waals surface area contributed by atoms with Gasteiger partial charge in [0.15, 0.2) is 113 Å². The van der Waals surface area contributed by atoms with Crippen molar-refractivity contribution in [3.63, 3.8) is 0 Å². The minimum absolute atomic E-state index is 0.0622. The average Bonchev–Trinajstić information content (AvgIpc) is 0.761. The molecule has 0 aliphatic carbocycles. The first-order valence-electron chi connectivity index (χ1n) is 58.0. The topological polar surface area (TPSA) is 502 Å². The molecule has 136 heavy (non-hydrogen) atoms. The molecule has 4 N–H and O–H groups in total. The maximum atomic E-state index is 13.6. The lowest BCUT2D eigenvalue weighted by Crippen LogP contribution is -2.17. The SMILES string of the molecule is [2H]c1c([2H])c([2H])c(OC([2H])([2H])[2H])c(Oc2c(NS(=O)(=O)c3ccc(C)cn3)nc(-c3ccncc3)nc2OC([2H])([2H])[2H])c1[2H].[2H]c1nc([2H])c([2H])c(-c2nc(NS(=O)(=O)c3ccc(C)cn3)c(Oc3c([2H])c([2H])c([2H])c([2H])c3OC([2H])([2H])[2H])c(OC)n2)c1[2H].[2H]c1nc([2H])c([2H])c(-c2nc(NS(=O)(=O)c3ccc(C)cn3)c(Oc3c([2H])c([2H])c([2H])c([2H])c3OC)c(OC([2H])([2H])[2H])n2)c1[2H].[2H]c1nc([2H])c([2H])c(-c2nc(NS(=O)(=O)c3nc([2H])c(C)c([2H])c3[2H])c(Oc3ccccc3OC)c(OC([2H])([2H])[2H])n2)c1[2H]. The summed E-state index contributed by atoms with van der Waals surface area (Å²) in [7, 11) is -31.7. The van der Waals surface area contributed by atoms with Gasteiger partial charge in [0, 0.05) is 96.4 Å². The molecule has 0 aliphatic rings. The number of hydrogen-bond acceptors (Lipinski definition) is 36. The minimum Gasteiger partial charge on any atom is -0.493 e. The van der Waals surface area contributed by atoms with Crippen molar-refractivity contribution in [1.82, 2.24) is 79.7 Å². The van der Waals surface area contributed by atoms with E-state index in [1.807, 2.05) is 4.72 Å². The van der Waals surface area contributed by atoms with Gasteiger partial charge in [-0.15, -0.1) is 0 Å². The predicted molar refractivity (Wildman–Crippen MR) is 499 cm³/mol. The molecule has 40 nitrogen and oxygen atoms in total. The fourth-order valence-corrected chi connectivity index (χ4v) is 13.9. The van der Waals surface area contributed by atoms with Crippen LogP contribution in [-0.2, 0) is 40.1 Å². The summed E-state index contributed by atoms with van der Waals surface area (Å²) in [6.07, 6.45) is 1.39. The van der Waals surface area contributed by atoms with Crippen LogP contribution in [0, 0.1) is 27.7 Å². The molecular weight excluding hydrogens is 1830 g/mol. The molecule has 696 valence electrons. The minimum atomic E-state index is -5.00. The summed E-state index contributed by atoms with van der Waals surface area (Å²) in [5, 5.41) is -2.57. The fourth-order valence-electron chi connectivity index (χ4n) is 10.2. The number of nitrogens with zero attached hydrogens (tertiary/aromatic N) is 16. The highest BCUT2D eigenvalue weighted by molar-refractivity contribution is 7.93. The van der Waals surface area contributed by atoms with Crippen LogP contribution in [0.5, 0.6) is 92.5 Å². The average molecular weight is 1960 g/mol. The van der Waals surface area contributed by atoms with Crippen LogP contribution in [0.2, 0.25) is 0 Å². The lowest BCUT2D eigenvalue weighted by molar-refractivity contribution is 0.348. The van der Waals surface area contributed by atoms with Gasteiger partial charge in [0.1, 0.15) is 0 Å². The number of aryl methyl sites for hydroxylation is 3. The first-order valence-corrected chi connectivity index (χ1v) is 42.9. The number of para-hydroxylation sites is 8. The standard InChI is InChI=1S/4C23H21N5O5S/c4*1-15-8-9-19(25-14-15)34(29,30)28-22-20(33-18-7-5-4-6-17(18)31-2)23(32-3)27-21(26-22)16-10-12-24-13-11-16/h4*4-14H,1-3H3,(H,26,27,28)/i3D3,4D,5D,6D,7D,10D,11D,12D,13D;2D3,4D,5D,6D,7D,10D,11D,12D,13D;3D3,8D,9D,10D,11D,12D,13D,14D;2D3,3D3,4D,5D,6D,7D. The Balaban J connectivity index is 0.000000193. The van der Waals surface area contributed by atoms with E-state index < -0.39 is 398 Å². The summed E-state index contributed by atoms with van der Waals surface area (Å²) in [6, 6.07) is 0.443. The van der Waals surface area contributed by atoms with Crippen LogP contribution in [0.25, 0.3) is 45.6 Å².